The summed E-state index contributed by atoms with van der Waals surface area (Å²) >= 11 is 0. The monoisotopic (exact) mass is 366 g/mol. The number of carbonyl (C=O) groups excluding carboxylic acids is 1. The van der Waals surface area contributed by atoms with Crippen molar-refractivity contribution in [2.24, 2.45) is 5.73 Å². The number of nitrogens with one attached hydrogen (secondary N) is 1. The number of rotatable bonds is 10. The topological polar surface area (TPSA) is 73.6 Å². The molecule has 0 fully saturated rings. The van der Waals surface area contributed by atoms with Crippen LogP contribution in [0.4, 0.5) is 8.78 Å². The summed E-state index contributed by atoms with van der Waals surface area (Å²) in [7, 11) is 0. The SMILES string of the molecule is CCCOc1ccc(C(=O)NCC(F)(F)CN)cc1OCCC.Cl. The van der Waals surface area contributed by atoms with Crippen molar-refractivity contribution >= 4 is 18.3 Å². The Labute approximate surface area is 147 Å². The lowest BCUT2D eigenvalue weighted by atomic mass is 10.2. The van der Waals surface area contributed by atoms with Gasteiger partial charge in [0.1, 0.15) is 0 Å². The van der Waals surface area contributed by atoms with Crippen LogP contribution in [-0.2, 0) is 0 Å². The minimum Gasteiger partial charge on any atom is -0.490 e. The van der Waals surface area contributed by atoms with Crippen molar-refractivity contribution in [2.75, 3.05) is 26.3 Å². The van der Waals surface area contributed by atoms with Gasteiger partial charge in [-0.05, 0) is 31.0 Å². The quantitative estimate of drug-likeness (QED) is 0.667. The van der Waals surface area contributed by atoms with Crippen LogP contribution in [0, 0.1) is 0 Å². The molecule has 0 atom stereocenters. The molecule has 0 spiro atoms. The van der Waals surface area contributed by atoms with E-state index in [-0.39, 0.29) is 18.0 Å². The first-order valence-electron chi connectivity index (χ1n) is 7.69. The third kappa shape index (κ3) is 7.31. The molecule has 1 aromatic carbocycles. The fourth-order valence-corrected chi connectivity index (χ4v) is 1.69. The number of carbonyl (C=O) groups is 1. The maximum atomic E-state index is 13.1. The number of amides is 1. The van der Waals surface area contributed by atoms with Gasteiger partial charge in [0.05, 0.1) is 26.3 Å². The second kappa shape index (κ2) is 11.0. The van der Waals surface area contributed by atoms with E-state index in [2.05, 4.69) is 5.32 Å². The van der Waals surface area contributed by atoms with Crippen molar-refractivity contribution in [3.8, 4) is 11.5 Å². The van der Waals surface area contributed by atoms with Gasteiger partial charge in [-0.15, -0.1) is 12.4 Å². The van der Waals surface area contributed by atoms with Crippen molar-refractivity contribution in [3.05, 3.63) is 23.8 Å². The fourth-order valence-electron chi connectivity index (χ4n) is 1.69. The summed E-state index contributed by atoms with van der Waals surface area (Å²) in [6, 6.07) is 4.62. The Kier molecular flexibility index (Phi) is 10.3. The molecule has 1 aromatic rings. The normalized spacial score (nSPS) is 10.7. The highest BCUT2D eigenvalue weighted by Crippen LogP contribution is 2.29. The van der Waals surface area contributed by atoms with Crippen molar-refractivity contribution in [2.45, 2.75) is 32.6 Å². The van der Waals surface area contributed by atoms with Crippen LogP contribution in [0.1, 0.15) is 37.0 Å². The van der Waals surface area contributed by atoms with E-state index in [4.69, 9.17) is 15.2 Å². The van der Waals surface area contributed by atoms with Crippen LogP contribution in [0.2, 0.25) is 0 Å². The van der Waals surface area contributed by atoms with E-state index in [1.54, 1.807) is 6.07 Å². The number of halogens is 3. The molecular weight excluding hydrogens is 342 g/mol. The van der Waals surface area contributed by atoms with Crippen molar-refractivity contribution in [1.82, 2.24) is 5.32 Å². The van der Waals surface area contributed by atoms with E-state index in [0.29, 0.717) is 24.7 Å². The predicted molar refractivity (Wildman–Crippen MR) is 91.6 cm³/mol. The molecule has 0 aliphatic heterocycles. The first kappa shape index (κ1) is 22.4. The fraction of sp³-hybridized carbons (Fsp3) is 0.562. The summed E-state index contributed by atoms with van der Waals surface area (Å²) < 4.78 is 37.3. The molecule has 0 radical (unpaired) electrons. The summed E-state index contributed by atoms with van der Waals surface area (Å²) in [5.41, 5.74) is 5.17. The third-order valence-corrected chi connectivity index (χ3v) is 2.94. The first-order chi connectivity index (χ1) is 10.9. The van der Waals surface area contributed by atoms with E-state index in [9.17, 15) is 13.6 Å². The van der Waals surface area contributed by atoms with Gasteiger partial charge in [0.2, 0.25) is 0 Å². The molecule has 0 heterocycles. The lowest BCUT2D eigenvalue weighted by Crippen LogP contribution is -2.41. The lowest BCUT2D eigenvalue weighted by Gasteiger charge is -2.16. The molecule has 0 unspecified atom stereocenters. The van der Waals surface area contributed by atoms with Gasteiger partial charge in [-0.25, -0.2) is 8.78 Å². The summed E-state index contributed by atoms with van der Waals surface area (Å²) in [6.07, 6.45) is 1.63. The Morgan fingerprint density at radius 1 is 1.17 bits per heavy atom. The second-order valence-electron chi connectivity index (χ2n) is 5.10. The molecule has 3 N–H and O–H groups in total. The minimum atomic E-state index is -3.12. The Balaban J connectivity index is 0.00000529. The van der Waals surface area contributed by atoms with Crippen LogP contribution < -0.4 is 20.5 Å². The average molecular weight is 367 g/mol. The molecule has 24 heavy (non-hydrogen) atoms. The zero-order valence-electron chi connectivity index (χ0n) is 13.9. The minimum absolute atomic E-state index is 0. The number of hydrogen-bond donors (Lipinski definition) is 2. The van der Waals surface area contributed by atoms with Crippen LogP contribution in [0.5, 0.6) is 11.5 Å². The first-order valence-corrected chi connectivity index (χ1v) is 7.69. The molecule has 0 bridgehead atoms. The Bertz CT molecular complexity index is 516. The van der Waals surface area contributed by atoms with Gasteiger partial charge in [0.15, 0.2) is 11.5 Å². The molecule has 0 aromatic heterocycles. The molecule has 0 saturated carbocycles. The van der Waals surface area contributed by atoms with Gasteiger partial charge in [-0.2, -0.15) is 0 Å². The van der Waals surface area contributed by atoms with Crippen molar-refractivity contribution in [3.63, 3.8) is 0 Å². The molecule has 1 rings (SSSR count). The average Bonchev–Trinajstić information content (AvgIpc) is 2.56. The molecule has 0 aliphatic carbocycles. The number of alkyl halides is 2. The van der Waals surface area contributed by atoms with Gasteiger partial charge in [-0.3, -0.25) is 4.79 Å². The van der Waals surface area contributed by atoms with Crippen molar-refractivity contribution in [1.29, 1.82) is 0 Å². The predicted octanol–water partition coefficient (Wildman–Crippen LogP) is 3.01. The highest BCUT2D eigenvalue weighted by Gasteiger charge is 2.27. The maximum Gasteiger partial charge on any atom is 0.277 e. The van der Waals surface area contributed by atoms with E-state index < -0.39 is 24.9 Å². The standard InChI is InChI=1S/C16H24F2N2O3.ClH/c1-3-7-22-13-6-5-12(9-14(13)23-8-4-2)15(21)20-11-16(17,18)10-19;/h5-6,9H,3-4,7-8,10-11,19H2,1-2H3,(H,20,21);1H. The molecule has 138 valence electrons. The van der Waals surface area contributed by atoms with Gasteiger partial charge < -0.3 is 20.5 Å². The molecule has 1 amide bonds. The highest BCUT2D eigenvalue weighted by atomic mass is 35.5. The number of ether oxygens (including phenoxy) is 2. The van der Waals surface area contributed by atoms with Gasteiger partial charge in [-0.1, -0.05) is 13.8 Å². The second-order valence-corrected chi connectivity index (χ2v) is 5.10. The smallest absolute Gasteiger partial charge is 0.277 e. The zero-order valence-corrected chi connectivity index (χ0v) is 14.8. The largest absolute Gasteiger partial charge is 0.490 e. The summed E-state index contributed by atoms with van der Waals surface area (Å²) in [4.78, 5) is 12.0. The zero-order chi connectivity index (χ0) is 17.3. The van der Waals surface area contributed by atoms with E-state index in [1.165, 1.54) is 12.1 Å². The summed E-state index contributed by atoms with van der Waals surface area (Å²) in [6.45, 7) is 3.31. The van der Waals surface area contributed by atoms with Gasteiger partial charge >= 0.3 is 0 Å². The maximum absolute atomic E-state index is 13.1. The van der Waals surface area contributed by atoms with Gasteiger partial charge in [0, 0.05) is 5.56 Å². The highest BCUT2D eigenvalue weighted by molar-refractivity contribution is 5.94. The van der Waals surface area contributed by atoms with Gasteiger partial charge in [0.25, 0.3) is 11.8 Å². The molecule has 0 saturated heterocycles. The summed E-state index contributed by atoms with van der Waals surface area (Å²) in [5.74, 6) is -2.77. The Hall–Kier alpha value is -1.60. The third-order valence-electron chi connectivity index (χ3n) is 2.94. The van der Waals surface area contributed by atoms with Crippen LogP contribution in [-0.4, -0.2) is 38.1 Å². The van der Waals surface area contributed by atoms with E-state index in [1.807, 2.05) is 13.8 Å². The van der Waals surface area contributed by atoms with Crippen LogP contribution in [0.15, 0.2) is 18.2 Å². The Morgan fingerprint density at radius 2 is 1.75 bits per heavy atom. The van der Waals surface area contributed by atoms with Crippen molar-refractivity contribution < 1.29 is 23.0 Å². The molecule has 0 aliphatic rings. The number of nitrogens with two attached hydrogens (primary N) is 1. The van der Waals surface area contributed by atoms with E-state index >= 15 is 0 Å². The molecule has 8 heteroatoms. The van der Waals surface area contributed by atoms with Crippen LogP contribution >= 0.6 is 12.4 Å². The summed E-state index contributed by atoms with van der Waals surface area (Å²) in [5, 5.41) is 2.17. The molecular formula is C16H25ClF2N2O3. The number of benzene rings is 1. The molecule has 5 nitrogen and oxygen atoms in total. The van der Waals surface area contributed by atoms with E-state index in [0.717, 1.165) is 12.8 Å². The Morgan fingerprint density at radius 3 is 2.29 bits per heavy atom. The lowest BCUT2D eigenvalue weighted by molar-refractivity contribution is 0.0118. The number of hydrogen-bond acceptors (Lipinski definition) is 4. The van der Waals surface area contributed by atoms with Crippen LogP contribution in [0.3, 0.4) is 0 Å². The van der Waals surface area contributed by atoms with Crippen LogP contribution in [0.25, 0.3) is 0 Å².